The summed E-state index contributed by atoms with van der Waals surface area (Å²) < 4.78 is 51.7. The van der Waals surface area contributed by atoms with E-state index in [4.69, 9.17) is 17.3 Å². The van der Waals surface area contributed by atoms with Crippen LogP contribution in [-0.2, 0) is 24.1 Å². The van der Waals surface area contributed by atoms with Gasteiger partial charge in [0.1, 0.15) is 5.82 Å². The van der Waals surface area contributed by atoms with Gasteiger partial charge in [0.25, 0.3) is 0 Å². The summed E-state index contributed by atoms with van der Waals surface area (Å²) in [4.78, 5) is 14.4. The summed E-state index contributed by atoms with van der Waals surface area (Å²) in [6, 6.07) is 9.08. The molecule has 0 aromatic heterocycles. The van der Waals surface area contributed by atoms with Crippen molar-refractivity contribution in [3.63, 3.8) is 0 Å². The van der Waals surface area contributed by atoms with Crippen molar-refractivity contribution in [1.82, 2.24) is 10.2 Å². The minimum Gasteiger partial charge on any atom is -0.401 e. The van der Waals surface area contributed by atoms with Crippen LogP contribution in [0.3, 0.4) is 0 Å². The van der Waals surface area contributed by atoms with Gasteiger partial charge in [-0.05, 0) is 35.7 Å². The van der Waals surface area contributed by atoms with E-state index < -0.39 is 17.6 Å². The lowest BCUT2D eigenvalue weighted by Gasteiger charge is -2.29. The zero-order valence-electron chi connectivity index (χ0n) is 15.9. The van der Waals surface area contributed by atoms with Gasteiger partial charge in [-0.2, -0.15) is 13.2 Å². The average Bonchev–Trinajstić information content (AvgIpc) is 2.67. The number of rotatable bonds is 5. The SMILES string of the molecule is NC1=C(C(=O)NCc2ccc(F)cc2Cl)CCN(Cc2cccc(C(F)(F)F)c2)C1. The first-order chi connectivity index (χ1) is 14.1. The maximum atomic E-state index is 13.1. The van der Waals surface area contributed by atoms with Crippen molar-refractivity contribution in [2.24, 2.45) is 5.73 Å². The van der Waals surface area contributed by atoms with Gasteiger partial charge in [-0.15, -0.1) is 0 Å². The van der Waals surface area contributed by atoms with Gasteiger partial charge in [0, 0.05) is 42.5 Å². The molecule has 1 amide bonds. The van der Waals surface area contributed by atoms with E-state index in [1.54, 1.807) is 6.07 Å². The third-order valence-electron chi connectivity index (χ3n) is 4.85. The maximum absolute atomic E-state index is 13.1. The molecule has 0 bridgehead atoms. The minimum atomic E-state index is -4.39. The van der Waals surface area contributed by atoms with Crippen LogP contribution < -0.4 is 11.1 Å². The third-order valence-corrected chi connectivity index (χ3v) is 5.20. The Hall–Kier alpha value is -2.58. The van der Waals surface area contributed by atoms with E-state index in [1.165, 1.54) is 24.3 Å². The first kappa shape index (κ1) is 22.1. The fourth-order valence-corrected chi connectivity index (χ4v) is 3.53. The van der Waals surface area contributed by atoms with Crippen molar-refractivity contribution in [3.05, 3.63) is 81.3 Å². The highest BCUT2D eigenvalue weighted by Crippen LogP contribution is 2.30. The summed E-state index contributed by atoms with van der Waals surface area (Å²) in [7, 11) is 0. The standard InChI is InChI=1S/C21H20ClF4N3O/c22-18-9-16(23)5-4-14(18)10-28-20(30)17-6-7-29(12-19(17)27)11-13-2-1-3-15(8-13)21(24,25)26/h1-5,8-9H,6-7,10-12,27H2,(H,28,30). The molecule has 160 valence electrons. The largest absolute Gasteiger partial charge is 0.416 e. The van der Waals surface area contributed by atoms with Gasteiger partial charge in [-0.1, -0.05) is 35.9 Å². The topological polar surface area (TPSA) is 58.4 Å². The molecule has 0 fully saturated rings. The van der Waals surface area contributed by atoms with Crippen LogP contribution in [0.4, 0.5) is 17.6 Å². The fourth-order valence-electron chi connectivity index (χ4n) is 3.29. The summed E-state index contributed by atoms with van der Waals surface area (Å²) in [5.74, 6) is -0.804. The van der Waals surface area contributed by atoms with Gasteiger partial charge < -0.3 is 11.1 Å². The molecule has 2 aromatic rings. The number of hydrogen-bond acceptors (Lipinski definition) is 3. The first-order valence-electron chi connectivity index (χ1n) is 9.21. The molecule has 0 radical (unpaired) electrons. The summed E-state index contributed by atoms with van der Waals surface area (Å²) >= 11 is 5.96. The molecule has 0 saturated carbocycles. The van der Waals surface area contributed by atoms with Crippen LogP contribution in [-0.4, -0.2) is 23.9 Å². The molecule has 1 aliphatic rings. The van der Waals surface area contributed by atoms with Crippen molar-refractivity contribution < 1.29 is 22.4 Å². The quantitative estimate of drug-likeness (QED) is 0.683. The second-order valence-electron chi connectivity index (χ2n) is 7.08. The number of benzene rings is 2. The Morgan fingerprint density at radius 2 is 1.97 bits per heavy atom. The van der Waals surface area contributed by atoms with Crippen molar-refractivity contribution in [3.8, 4) is 0 Å². The molecule has 1 heterocycles. The molecule has 1 aliphatic heterocycles. The smallest absolute Gasteiger partial charge is 0.401 e. The maximum Gasteiger partial charge on any atom is 0.416 e. The molecule has 0 saturated heterocycles. The number of carbonyl (C=O) groups is 1. The highest BCUT2D eigenvalue weighted by atomic mass is 35.5. The molecule has 9 heteroatoms. The molecule has 0 spiro atoms. The van der Waals surface area contributed by atoms with E-state index in [-0.39, 0.29) is 24.0 Å². The molecular weight excluding hydrogens is 422 g/mol. The number of carbonyl (C=O) groups excluding carboxylic acids is 1. The number of hydrogen-bond donors (Lipinski definition) is 2. The van der Waals surface area contributed by atoms with Crippen LogP contribution in [0.25, 0.3) is 0 Å². The van der Waals surface area contributed by atoms with Crippen molar-refractivity contribution in [2.45, 2.75) is 25.7 Å². The Labute approximate surface area is 176 Å². The molecule has 3 N–H and O–H groups in total. The van der Waals surface area contributed by atoms with Gasteiger partial charge in [0.05, 0.1) is 5.56 Å². The van der Waals surface area contributed by atoms with Crippen LogP contribution in [0.2, 0.25) is 5.02 Å². The molecule has 0 atom stereocenters. The molecule has 3 rings (SSSR count). The lowest BCUT2D eigenvalue weighted by atomic mass is 10.0. The lowest BCUT2D eigenvalue weighted by Crippen LogP contribution is -2.38. The van der Waals surface area contributed by atoms with Gasteiger partial charge in [0.15, 0.2) is 0 Å². The highest BCUT2D eigenvalue weighted by molar-refractivity contribution is 6.31. The van der Waals surface area contributed by atoms with E-state index in [0.717, 1.165) is 12.1 Å². The van der Waals surface area contributed by atoms with Crippen LogP contribution in [0.15, 0.2) is 53.7 Å². The average molecular weight is 442 g/mol. The Morgan fingerprint density at radius 3 is 2.63 bits per heavy atom. The molecule has 2 aromatic carbocycles. The highest BCUT2D eigenvalue weighted by Gasteiger charge is 2.30. The van der Waals surface area contributed by atoms with Crippen molar-refractivity contribution in [1.29, 1.82) is 0 Å². The molecular formula is C21H20ClF4N3O. The summed E-state index contributed by atoms with van der Waals surface area (Å²) in [5, 5.41) is 2.94. The Bertz CT molecular complexity index is 975. The van der Waals surface area contributed by atoms with Gasteiger partial charge in [0.2, 0.25) is 5.91 Å². The van der Waals surface area contributed by atoms with Crippen molar-refractivity contribution >= 4 is 17.5 Å². The zero-order valence-corrected chi connectivity index (χ0v) is 16.7. The monoisotopic (exact) mass is 441 g/mol. The van der Waals surface area contributed by atoms with E-state index in [2.05, 4.69) is 5.32 Å². The minimum absolute atomic E-state index is 0.128. The number of alkyl halides is 3. The Morgan fingerprint density at radius 1 is 1.20 bits per heavy atom. The van der Waals surface area contributed by atoms with E-state index >= 15 is 0 Å². The summed E-state index contributed by atoms with van der Waals surface area (Å²) in [6.07, 6.45) is -4.02. The van der Waals surface area contributed by atoms with E-state index in [9.17, 15) is 22.4 Å². The van der Waals surface area contributed by atoms with Crippen LogP contribution >= 0.6 is 11.6 Å². The third kappa shape index (κ3) is 5.52. The number of amides is 1. The number of nitrogens with two attached hydrogens (primary N) is 1. The second kappa shape index (κ2) is 9.06. The lowest BCUT2D eigenvalue weighted by molar-refractivity contribution is -0.137. The summed E-state index contributed by atoms with van der Waals surface area (Å²) in [6.45, 7) is 1.18. The van der Waals surface area contributed by atoms with Crippen LogP contribution in [0.1, 0.15) is 23.1 Å². The Balaban J connectivity index is 1.60. The Kier molecular flexibility index (Phi) is 6.67. The normalized spacial score (nSPS) is 15.4. The van der Waals surface area contributed by atoms with Crippen LogP contribution in [0, 0.1) is 5.82 Å². The predicted molar refractivity (Wildman–Crippen MR) is 106 cm³/mol. The predicted octanol–water partition coefficient (Wildman–Crippen LogP) is 4.23. The summed E-state index contributed by atoms with van der Waals surface area (Å²) in [5.41, 5.74) is 7.28. The molecule has 30 heavy (non-hydrogen) atoms. The van der Waals surface area contributed by atoms with Crippen LogP contribution in [0.5, 0.6) is 0 Å². The van der Waals surface area contributed by atoms with Gasteiger partial charge in [-0.25, -0.2) is 4.39 Å². The zero-order chi connectivity index (χ0) is 21.9. The number of halogens is 5. The number of nitrogens with zero attached hydrogens (tertiary/aromatic N) is 1. The number of nitrogens with one attached hydrogen (secondary N) is 1. The van der Waals surface area contributed by atoms with Gasteiger partial charge >= 0.3 is 6.18 Å². The molecule has 0 aliphatic carbocycles. The van der Waals surface area contributed by atoms with E-state index in [1.807, 2.05) is 4.90 Å². The second-order valence-corrected chi connectivity index (χ2v) is 7.49. The first-order valence-corrected chi connectivity index (χ1v) is 9.59. The van der Waals surface area contributed by atoms with E-state index in [0.29, 0.717) is 41.9 Å². The fraction of sp³-hybridized carbons (Fsp3) is 0.286. The molecule has 4 nitrogen and oxygen atoms in total. The van der Waals surface area contributed by atoms with Gasteiger partial charge in [-0.3, -0.25) is 9.69 Å². The molecule has 0 unspecified atom stereocenters. The van der Waals surface area contributed by atoms with Crippen molar-refractivity contribution in [2.75, 3.05) is 13.1 Å².